The Morgan fingerprint density at radius 3 is 2.39 bits per heavy atom. The molecule has 2 N–H and O–H groups in total. The van der Waals surface area contributed by atoms with Crippen LogP contribution in [0.15, 0.2) is 42.5 Å². The molecule has 0 aliphatic rings. The van der Waals surface area contributed by atoms with E-state index in [2.05, 4.69) is 0 Å². The van der Waals surface area contributed by atoms with E-state index in [-0.39, 0.29) is 6.04 Å². The van der Waals surface area contributed by atoms with Gasteiger partial charge in [-0.15, -0.1) is 0 Å². The van der Waals surface area contributed by atoms with Gasteiger partial charge in [-0.1, -0.05) is 31.2 Å². The van der Waals surface area contributed by atoms with Gasteiger partial charge in [-0.25, -0.2) is 8.78 Å². The summed E-state index contributed by atoms with van der Waals surface area (Å²) in [5, 5.41) is 0. The first-order chi connectivity index (χ1) is 8.61. The number of benzene rings is 2. The van der Waals surface area contributed by atoms with Gasteiger partial charge in [0.15, 0.2) is 11.6 Å². The molecule has 0 spiro atoms. The van der Waals surface area contributed by atoms with Gasteiger partial charge in [-0.05, 0) is 41.3 Å². The van der Waals surface area contributed by atoms with Crippen molar-refractivity contribution < 1.29 is 8.78 Å². The zero-order valence-corrected chi connectivity index (χ0v) is 10.2. The maximum Gasteiger partial charge on any atom is 0.159 e. The summed E-state index contributed by atoms with van der Waals surface area (Å²) in [5.74, 6) is -1.67. The summed E-state index contributed by atoms with van der Waals surface area (Å²) < 4.78 is 26.1. The summed E-state index contributed by atoms with van der Waals surface area (Å²) in [6.07, 6.45) is 0.835. The normalized spacial score (nSPS) is 12.4. The van der Waals surface area contributed by atoms with Crippen LogP contribution in [0.3, 0.4) is 0 Å². The Balaban J connectivity index is 2.41. The maximum atomic E-state index is 13.2. The maximum absolute atomic E-state index is 13.2. The molecule has 1 unspecified atom stereocenters. The van der Waals surface area contributed by atoms with Crippen molar-refractivity contribution in [1.82, 2.24) is 0 Å². The molecule has 0 heterocycles. The van der Waals surface area contributed by atoms with Crippen molar-refractivity contribution in [1.29, 1.82) is 0 Å². The monoisotopic (exact) mass is 247 g/mol. The minimum absolute atomic E-state index is 0.0322. The van der Waals surface area contributed by atoms with E-state index in [4.69, 9.17) is 5.73 Å². The molecule has 94 valence electrons. The Bertz CT molecular complexity index is 552. The van der Waals surface area contributed by atoms with E-state index in [9.17, 15) is 8.78 Å². The van der Waals surface area contributed by atoms with Gasteiger partial charge in [-0.3, -0.25) is 0 Å². The van der Waals surface area contributed by atoms with Crippen molar-refractivity contribution in [3.63, 3.8) is 0 Å². The van der Waals surface area contributed by atoms with Crippen molar-refractivity contribution in [2.24, 2.45) is 5.73 Å². The Labute approximate surface area is 105 Å². The molecule has 1 atom stereocenters. The SMILES string of the molecule is CCC(N)c1cccc(-c2ccc(F)c(F)c2)c1. The molecule has 0 aliphatic carbocycles. The van der Waals surface area contributed by atoms with E-state index >= 15 is 0 Å². The van der Waals surface area contributed by atoms with Gasteiger partial charge in [0, 0.05) is 6.04 Å². The van der Waals surface area contributed by atoms with Crippen molar-refractivity contribution in [2.45, 2.75) is 19.4 Å². The first-order valence-electron chi connectivity index (χ1n) is 5.92. The van der Waals surface area contributed by atoms with E-state index in [1.165, 1.54) is 6.07 Å². The van der Waals surface area contributed by atoms with Crippen LogP contribution < -0.4 is 5.73 Å². The molecule has 18 heavy (non-hydrogen) atoms. The highest BCUT2D eigenvalue weighted by atomic mass is 19.2. The number of hydrogen-bond acceptors (Lipinski definition) is 1. The summed E-state index contributed by atoms with van der Waals surface area (Å²) >= 11 is 0. The Morgan fingerprint density at radius 1 is 1.00 bits per heavy atom. The van der Waals surface area contributed by atoms with Crippen molar-refractivity contribution >= 4 is 0 Å². The quantitative estimate of drug-likeness (QED) is 0.870. The van der Waals surface area contributed by atoms with Crippen molar-refractivity contribution in [2.75, 3.05) is 0 Å². The second-order valence-electron chi connectivity index (χ2n) is 4.27. The summed E-state index contributed by atoms with van der Waals surface area (Å²) in [6, 6.07) is 11.5. The van der Waals surface area contributed by atoms with Crippen LogP contribution >= 0.6 is 0 Å². The molecule has 0 aromatic heterocycles. The summed E-state index contributed by atoms with van der Waals surface area (Å²) in [4.78, 5) is 0. The molecule has 1 nitrogen and oxygen atoms in total. The third-order valence-electron chi connectivity index (χ3n) is 3.01. The third kappa shape index (κ3) is 2.57. The van der Waals surface area contributed by atoms with Gasteiger partial charge >= 0.3 is 0 Å². The van der Waals surface area contributed by atoms with Gasteiger partial charge in [0.25, 0.3) is 0 Å². The smallest absolute Gasteiger partial charge is 0.159 e. The van der Waals surface area contributed by atoms with Gasteiger partial charge < -0.3 is 5.73 Å². The zero-order valence-electron chi connectivity index (χ0n) is 10.2. The van der Waals surface area contributed by atoms with E-state index in [0.717, 1.165) is 23.6 Å². The van der Waals surface area contributed by atoms with Crippen LogP contribution in [0.1, 0.15) is 24.9 Å². The predicted molar refractivity (Wildman–Crippen MR) is 69.0 cm³/mol. The van der Waals surface area contributed by atoms with Crippen LogP contribution in [0.2, 0.25) is 0 Å². The summed E-state index contributed by atoms with van der Waals surface area (Å²) in [5.41, 5.74) is 8.46. The predicted octanol–water partition coefficient (Wildman–Crippen LogP) is 4.04. The van der Waals surface area contributed by atoms with Gasteiger partial charge in [0.2, 0.25) is 0 Å². The lowest BCUT2D eigenvalue weighted by molar-refractivity contribution is 0.509. The van der Waals surface area contributed by atoms with E-state index in [1.807, 2.05) is 31.2 Å². The number of hydrogen-bond donors (Lipinski definition) is 1. The average molecular weight is 247 g/mol. The standard InChI is InChI=1S/C15H15F2N/c1-2-15(18)12-5-3-4-10(8-12)11-6-7-13(16)14(17)9-11/h3-9,15H,2,18H2,1H3. The zero-order chi connectivity index (χ0) is 13.1. The van der Waals surface area contributed by atoms with Crippen LogP contribution in [0.25, 0.3) is 11.1 Å². The van der Waals surface area contributed by atoms with Crippen LogP contribution in [0, 0.1) is 11.6 Å². The van der Waals surface area contributed by atoms with Crippen LogP contribution in [0.4, 0.5) is 8.78 Å². The summed E-state index contributed by atoms with van der Waals surface area (Å²) in [6.45, 7) is 2.01. The molecular weight excluding hydrogens is 232 g/mol. The number of rotatable bonds is 3. The van der Waals surface area contributed by atoms with Gasteiger partial charge in [-0.2, -0.15) is 0 Å². The first-order valence-corrected chi connectivity index (χ1v) is 5.92. The molecule has 0 amide bonds. The van der Waals surface area contributed by atoms with E-state index < -0.39 is 11.6 Å². The Hall–Kier alpha value is -1.74. The Kier molecular flexibility index (Phi) is 3.72. The van der Waals surface area contributed by atoms with Gasteiger partial charge in [0.05, 0.1) is 0 Å². The molecule has 0 saturated carbocycles. The topological polar surface area (TPSA) is 26.0 Å². The molecule has 0 saturated heterocycles. The lowest BCUT2D eigenvalue weighted by atomic mass is 9.99. The molecule has 2 aromatic carbocycles. The highest BCUT2D eigenvalue weighted by Crippen LogP contribution is 2.24. The molecule has 0 fully saturated rings. The Morgan fingerprint density at radius 2 is 1.72 bits per heavy atom. The largest absolute Gasteiger partial charge is 0.324 e. The van der Waals surface area contributed by atoms with Gasteiger partial charge in [0.1, 0.15) is 0 Å². The number of halogens is 2. The third-order valence-corrected chi connectivity index (χ3v) is 3.01. The lowest BCUT2D eigenvalue weighted by Crippen LogP contribution is -2.08. The molecule has 3 heteroatoms. The van der Waals surface area contributed by atoms with Crippen molar-refractivity contribution in [3.8, 4) is 11.1 Å². The van der Waals surface area contributed by atoms with E-state index in [1.54, 1.807) is 6.07 Å². The molecular formula is C15H15F2N. The fourth-order valence-electron chi connectivity index (χ4n) is 1.86. The molecule has 0 radical (unpaired) electrons. The highest BCUT2D eigenvalue weighted by Gasteiger charge is 2.07. The molecule has 2 rings (SSSR count). The fraction of sp³-hybridized carbons (Fsp3) is 0.200. The second-order valence-corrected chi connectivity index (χ2v) is 4.27. The highest BCUT2D eigenvalue weighted by molar-refractivity contribution is 5.64. The first kappa shape index (κ1) is 12.7. The van der Waals surface area contributed by atoms with Crippen molar-refractivity contribution in [3.05, 3.63) is 59.7 Å². The molecule has 0 bridgehead atoms. The minimum Gasteiger partial charge on any atom is -0.324 e. The molecule has 2 aromatic rings. The average Bonchev–Trinajstić information content (AvgIpc) is 2.41. The number of nitrogens with two attached hydrogens (primary N) is 1. The molecule has 0 aliphatic heterocycles. The van der Waals surface area contributed by atoms with Crippen LogP contribution in [-0.4, -0.2) is 0 Å². The fourth-order valence-corrected chi connectivity index (χ4v) is 1.86. The van der Waals surface area contributed by atoms with Crippen LogP contribution in [0.5, 0.6) is 0 Å². The lowest BCUT2D eigenvalue weighted by Gasteiger charge is -2.11. The summed E-state index contributed by atoms with van der Waals surface area (Å²) in [7, 11) is 0. The van der Waals surface area contributed by atoms with Crippen LogP contribution in [-0.2, 0) is 0 Å². The van der Waals surface area contributed by atoms with E-state index in [0.29, 0.717) is 5.56 Å². The minimum atomic E-state index is -0.835. The second kappa shape index (κ2) is 5.27.